The molecule has 1 aliphatic rings. The Bertz CT molecular complexity index is 290. The van der Waals surface area contributed by atoms with Crippen LogP contribution >= 0.6 is 15.9 Å². The van der Waals surface area contributed by atoms with Crippen LogP contribution in [0.2, 0.25) is 0 Å². The van der Waals surface area contributed by atoms with E-state index in [1.165, 1.54) is 4.90 Å². The molecule has 0 aliphatic carbocycles. The third-order valence-corrected chi connectivity index (χ3v) is 2.48. The van der Waals surface area contributed by atoms with Crippen LogP contribution in [0.3, 0.4) is 0 Å². The Morgan fingerprint density at radius 3 is 2.93 bits per heavy atom. The molecule has 4 nitrogen and oxygen atoms in total. The Hall–Kier alpha value is -0.840. The Morgan fingerprint density at radius 2 is 2.40 bits per heavy atom. The SMILES string of the molecule is C=C(Br)CN1C(=O)CC[C@H]1C(=O)OCC. The highest BCUT2D eigenvalue weighted by Crippen LogP contribution is 2.22. The van der Waals surface area contributed by atoms with Gasteiger partial charge in [0.1, 0.15) is 6.04 Å². The fourth-order valence-electron chi connectivity index (χ4n) is 1.60. The molecule has 0 radical (unpaired) electrons. The van der Waals surface area contributed by atoms with E-state index < -0.39 is 6.04 Å². The number of carbonyl (C=O) groups is 2. The Labute approximate surface area is 97.4 Å². The summed E-state index contributed by atoms with van der Waals surface area (Å²) in [6, 6.07) is -0.438. The van der Waals surface area contributed by atoms with Gasteiger partial charge in [0.25, 0.3) is 0 Å². The molecule has 0 saturated carbocycles. The van der Waals surface area contributed by atoms with Crippen molar-refractivity contribution in [2.45, 2.75) is 25.8 Å². The van der Waals surface area contributed by atoms with E-state index in [-0.39, 0.29) is 11.9 Å². The fourth-order valence-corrected chi connectivity index (χ4v) is 1.87. The predicted octanol–water partition coefficient (Wildman–Crippen LogP) is 1.45. The van der Waals surface area contributed by atoms with E-state index in [0.29, 0.717) is 30.5 Å². The molecular formula is C10H14BrNO3. The summed E-state index contributed by atoms with van der Waals surface area (Å²) in [5.41, 5.74) is 0. The normalized spacial score (nSPS) is 20.5. The van der Waals surface area contributed by atoms with E-state index in [1.54, 1.807) is 6.92 Å². The van der Waals surface area contributed by atoms with Crippen LogP contribution in [-0.2, 0) is 14.3 Å². The molecule has 0 aromatic carbocycles. The first-order valence-electron chi connectivity index (χ1n) is 4.85. The lowest BCUT2D eigenvalue weighted by atomic mass is 10.2. The molecule has 15 heavy (non-hydrogen) atoms. The molecule has 0 N–H and O–H groups in total. The highest BCUT2D eigenvalue weighted by Gasteiger charge is 2.36. The second kappa shape index (κ2) is 5.30. The Morgan fingerprint density at radius 1 is 1.73 bits per heavy atom. The number of hydrogen-bond acceptors (Lipinski definition) is 3. The van der Waals surface area contributed by atoms with Crippen molar-refractivity contribution in [2.75, 3.05) is 13.2 Å². The number of rotatable bonds is 4. The summed E-state index contributed by atoms with van der Waals surface area (Å²) in [5.74, 6) is -0.342. The van der Waals surface area contributed by atoms with E-state index in [4.69, 9.17) is 4.74 Å². The van der Waals surface area contributed by atoms with Gasteiger partial charge in [-0.2, -0.15) is 0 Å². The van der Waals surface area contributed by atoms with Gasteiger partial charge in [0.2, 0.25) is 5.91 Å². The van der Waals surface area contributed by atoms with Crippen LogP contribution in [0.4, 0.5) is 0 Å². The summed E-state index contributed by atoms with van der Waals surface area (Å²) in [5, 5.41) is 0. The van der Waals surface area contributed by atoms with Gasteiger partial charge in [-0.3, -0.25) is 4.79 Å². The lowest BCUT2D eigenvalue weighted by Gasteiger charge is -2.22. The van der Waals surface area contributed by atoms with Crippen LogP contribution in [0.15, 0.2) is 11.1 Å². The summed E-state index contributed by atoms with van der Waals surface area (Å²) in [6.45, 7) is 6.12. The first-order valence-corrected chi connectivity index (χ1v) is 5.65. The minimum atomic E-state index is -0.438. The number of ether oxygens (including phenoxy) is 1. The van der Waals surface area contributed by atoms with Crippen LogP contribution in [0.1, 0.15) is 19.8 Å². The molecule has 1 aliphatic heterocycles. The third kappa shape index (κ3) is 3.06. The zero-order valence-electron chi connectivity index (χ0n) is 8.66. The van der Waals surface area contributed by atoms with Gasteiger partial charge in [0.15, 0.2) is 0 Å². The van der Waals surface area contributed by atoms with Crippen LogP contribution < -0.4 is 0 Å². The standard InChI is InChI=1S/C10H14BrNO3/c1-3-15-10(14)8-4-5-9(13)12(8)6-7(2)11/h8H,2-6H2,1H3/t8-/m0/s1. The zero-order valence-corrected chi connectivity index (χ0v) is 10.2. The van der Waals surface area contributed by atoms with Crippen LogP contribution in [0, 0.1) is 0 Å². The third-order valence-electron chi connectivity index (χ3n) is 2.23. The molecule has 0 bridgehead atoms. The Kier molecular flexibility index (Phi) is 4.32. The lowest BCUT2D eigenvalue weighted by molar-refractivity contribution is -0.151. The van der Waals surface area contributed by atoms with Gasteiger partial charge in [0.05, 0.1) is 13.2 Å². The van der Waals surface area contributed by atoms with E-state index in [0.717, 1.165) is 0 Å². The first-order chi connectivity index (χ1) is 7.06. The summed E-state index contributed by atoms with van der Waals surface area (Å²) < 4.78 is 5.60. The topological polar surface area (TPSA) is 46.6 Å². The molecule has 1 amide bonds. The van der Waals surface area contributed by atoms with Crippen molar-refractivity contribution >= 4 is 27.8 Å². The number of nitrogens with zero attached hydrogens (tertiary/aromatic N) is 1. The molecule has 1 atom stereocenters. The van der Waals surface area contributed by atoms with Gasteiger partial charge in [-0.25, -0.2) is 4.79 Å². The summed E-state index contributed by atoms with van der Waals surface area (Å²) in [7, 11) is 0. The molecule has 0 unspecified atom stereocenters. The van der Waals surface area contributed by atoms with Crippen LogP contribution in [0.5, 0.6) is 0 Å². The first kappa shape index (κ1) is 12.2. The number of likely N-dealkylation sites (tertiary alicyclic amines) is 1. The maximum absolute atomic E-state index is 11.5. The Balaban J connectivity index is 2.67. The maximum Gasteiger partial charge on any atom is 0.328 e. The molecular weight excluding hydrogens is 262 g/mol. The zero-order chi connectivity index (χ0) is 11.4. The highest BCUT2D eigenvalue weighted by molar-refractivity contribution is 9.11. The van der Waals surface area contributed by atoms with E-state index in [2.05, 4.69) is 22.5 Å². The van der Waals surface area contributed by atoms with Crippen molar-refractivity contribution in [3.63, 3.8) is 0 Å². The molecule has 5 heteroatoms. The summed E-state index contributed by atoms with van der Waals surface area (Å²) in [4.78, 5) is 24.5. The largest absolute Gasteiger partial charge is 0.464 e. The number of amides is 1. The molecule has 1 rings (SSSR count). The minimum Gasteiger partial charge on any atom is -0.464 e. The molecule has 84 valence electrons. The number of halogens is 1. The number of carbonyl (C=O) groups excluding carboxylic acids is 2. The average molecular weight is 276 g/mol. The van der Waals surface area contributed by atoms with Crippen LogP contribution in [-0.4, -0.2) is 36.0 Å². The van der Waals surface area contributed by atoms with Gasteiger partial charge in [-0.05, 0) is 13.3 Å². The van der Waals surface area contributed by atoms with Crippen molar-refractivity contribution in [1.29, 1.82) is 0 Å². The maximum atomic E-state index is 11.5. The molecule has 0 spiro atoms. The number of hydrogen-bond donors (Lipinski definition) is 0. The predicted molar refractivity (Wildman–Crippen MR) is 59.4 cm³/mol. The van der Waals surface area contributed by atoms with Gasteiger partial charge < -0.3 is 9.64 Å². The van der Waals surface area contributed by atoms with Gasteiger partial charge in [0, 0.05) is 10.9 Å². The molecule has 1 fully saturated rings. The number of esters is 1. The molecule has 1 heterocycles. The molecule has 0 aromatic rings. The van der Waals surface area contributed by atoms with E-state index in [1.807, 2.05) is 0 Å². The smallest absolute Gasteiger partial charge is 0.328 e. The lowest BCUT2D eigenvalue weighted by Crippen LogP contribution is -2.40. The highest BCUT2D eigenvalue weighted by atomic mass is 79.9. The van der Waals surface area contributed by atoms with E-state index in [9.17, 15) is 9.59 Å². The van der Waals surface area contributed by atoms with Crippen molar-refractivity contribution in [1.82, 2.24) is 4.90 Å². The van der Waals surface area contributed by atoms with Crippen molar-refractivity contribution < 1.29 is 14.3 Å². The second-order valence-corrected chi connectivity index (χ2v) is 4.47. The summed E-state index contributed by atoms with van der Waals surface area (Å²) in [6.07, 6.45) is 0.946. The molecule has 0 aromatic heterocycles. The van der Waals surface area contributed by atoms with Crippen molar-refractivity contribution in [3.05, 3.63) is 11.1 Å². The summed E-state index contributed by atoms with van der Waals surface area (Å²) >= 11 is 3.19. The van der Waals surface area contributed by atoms with Gasteiger partial charge in [-0.1, -0.05) is 22.5 Å². The van der Waals surface area contributed by atoms with E-state index >= 15 is 0 Å². The van der Waals surface area contributed by atoms with Gasteiger partial charge in [-0.15, -0.1) is 0 Å². The quantitative estimate of drug-likeness (QED) is 0.730. The monoisotopic (exact) mass is 275 g/mol. The van der Waals surface area contributed by atoms with Crippen molar-refractivity contribution in [3.8, 4) is 0 Å². The minimum absolute atomic E-state index is 0.0198. The second-order valence-electron chi connectivity index (χ2n) is 3.35. The molecule has 1 saturated heterocycles. The van der Waals surface area contributed by atoms with Gasteiger partial charge >= 0.3 is 5.97 Å². The fraction of sp³-hybridized carbons (Fsp3) is 0.600. The van der Waals surface area contributed by atoms with Crippen LogP contribution in [0.25, 0.3) is 0 Å². The average Bonchev–Trinajstić information content (AvgIpc) is 2.48. The van der Waals surface area contributed by atoms with Crippen molar-refractivity contribution in [2.24, 2.45) is 0 Å².